The molecular formula is C14H22N2O. The molecule has 1 N–H and O–H groups in total. The first-order chi connectivity index (χ1) is 8.31. The van der Waals surface area contributed by atoms with E-state index in [4.69, 9.17) is 4.74 Å². The number of aromatic nitrogens is 1. The lowest BCUT2D eigenvalue weighted by atomic mass is 9.80. The van der Waals surface area contributed by atoms with E-state index in [0.29, 0.717) is 0 Å². The summed E-state index contributed by atoms with van der Waals surface area (Å²) in [7, 11) is 1.69. The van der Waals surface area contributed by atoms with Crippen molar-refractivity contribution in [3.05, 3.63) is 18.3 Å². The molecule has 94 valence electrons. The van der Waals surface area contributed by atoms with E-state index in [1.54, 1.807) is 13.3 Å². The SMILES string of the molecule is COc1cccnc1NCC1CCCCC1C. The van der Waals surface area contributed by atoms with Crippen LogP contribution in [0, 0.1) is 11.8 Å². The highest BCUT2D eigenvalue weighted by Crippen LogP contribution is 2.30. The average Bonchev–Trinajstić information content (AvgIpc) is 2.38. The Morgan fingerprint density at radius 3 is 3.00 bits per heavy atom. The molecule has 1 aliphatic carbocycles. The highest BCUT2D eigenvalue weighted by molar-refractivity contribution is 5.49. The van der Waals surface area contributed by atoms with Crippen molar-refractivity contribution >= 4 is 5.82 Å². The van der Waals surface area contributed by atoms with Crippen LogP contribution in [-0.2, 0) is 0 Å². The Kier molecular flexibility index (Phi) is 4.24. The third-order valence-corrected chi connectivity index (χ3v) is 3.81. The summed E-state index contributed by atoms with van der Waals surface area (Å²) < 4.78 is 5.29. The molecule has 0 amide bonds. The van der Waals surface area contributed by atoms with Crippen molar-refractivity contribution in [2.24, 2.45) is 11.8 Å². The van der Waals surface area contributed by atoms with Crippen LogP contribution in [0.15, 0.2) is 18.3 Å². The van der Waals surface area contributed by atoms with Crippen LogP contribution in [0.5, 0.6) is 5.75 Å². The number of hydrogen-bond donors (Lipinski definition) is 1. The van der Waals surface area contributed by atoms with Gasteiger partial charge in [0.1, 0.15) is 0 Å². The van der Waals surface area contributed by atoms with Gasteiger partial charge in [-0.2, -0.15) is 0 Å². The van der Waals surface area contributed by atoms with E-state index in [1.807, 2.05) is 12.1 Å². The summed E-state index contributed by atoms with van der Waals surface area (Å²) in [6.07, 6.45) is 7.27. The molecule has 1 aromatic heterocycles. The molecule has 0 spiro atoms. The molecule has 0 bridgehead atoms. The first-order valence-corrected chi connectivity index (χ1v) is 6.54. The van der Waals surface area contributed by atoms with Gasteiger partial charge in [0.25, 0.3) is 0 Å². The van der Waals surface area contributed by atoms with Crippen LogP contribution in [0.25, 0.3) is 0 Å². The Morgan fingerprint density at radius 1 is 1.41 bits per heavy atom. The Morgan fingerprint density at radius 2 is 2.24 bits per heavy atom. The molecule has 0 saturated heterocycles. The highest BCUT2D eigenvalue weighted by Gasteiger charge is 2.21. The second-order valence-electron chi connectivity index (χ2n) is 4.96. The maximum absolute atomic E-state index is 5.29. The van der Waals surface area contributed by atoms with Gasteiger partial charge in [-0.3, -0.25) is 0 Å². The molecule has 1 aromatic rings. The third-order valence-electron chi connectivity index (χ3n) is 3.81. The van der Waals surface area contributed by atoms with E-state index in [1.165, 1.54) is 25.7 Å². The van der Waals surface area contributed by atoms with Gasteiger partial charge in [0.05, 0.1) is 7.11 Å². The molecule has 1 fully saturated rings. The molecule has 1 heterocycles. The van der Waals surface area contributed by atoms with Gasteiger partial charge >= 0.3 is 0 Å². The lowest BCUT2D eigenvalue weighted by Gasteiger charge is -2.29. The Balaban J connectivity index is 1.92. The van der Waals surface area contributed by atoms with E-state index >= 15 is 0 Å². The van der Waals surface area contributed by atoms with Gasteiger partial charge < -0.3 is 10.1 Å². The van der Waals surface area contributed by atoms with Crippen molar-refractivity contribution in [1.82, 2.24) is 4.98 Å². The van der Waals surface area contributed by atoms with Gasteiger partial charge in [-0.05, 0) is 30.4 Å². The summed E-state index contributed by atoms with van der Waals surface area (Å²) in [5.41, 5.74) is 0. The van der Waals surface area contributed by atoms with Crippen LogP contribution in [0.1, 0.15) is 32.6 Å². The molecular weight excluding hydrogens is 212 g/mol. The minimum absolute atomic E-state index is 0.774. The standard InChI is InChI=1S/C14H22N2O/c1-11-6-3-4-7-12(11)10-16-14-13(17-2)8-5-9-15-14/h5,8-9,11-12H,3-4,6-7,10H2,1-2H3,(H,15,16). The van der Waals surface area contributed by atoms with Gasteiger partial charge in [0, 0.05) is 12.7 Å². The van der Waals surface area contributed by atoms with Crippen molar-refractivity contribution in [3.8, 4) is 5.75 Å². The van der Waals surface area contributed by atoms with Crippen LogP contribution in [0.4, 0.5) is 5.82 Å². The number of nitrogens with zero attached hydrogens (tertiary/aromatic N) is 1. The zero-order chi connectivity index (χ0) is 12.1. The van der Waals surface area contributed by atoms with Crippen molar-refractivity contribution in [3.63, 3.8) is 0 Å². The van der Waals surface area contributed by atoms with Crippen LogP contribution < -0.4 is 10.1 Å². The molecule has 1 aliphatic rings. The summed E-state index contributed by atoms with van der Waals surface area (Å²) in [5, 5.41) is 3.43. The van der Waals surface area contributed by atoms with Crippen molar-refractivity contribution in [2.75, 3.05) is 19.0 Å². The fourth-order valence-corrected chi connectivity index (χ4v) is 2.61. The Labute approximate surface area is 104 Å². The van der Waals surface area contributed by atoms with Crippen LogP contribution >= 0.6 is 0 Å². The minimum Gasteiger partial charge on any atom is -0.493 e. The molecule has 0 radical (unpaired) electrons. The number of hydrogen-bond acceptors (Lipinski definition) is 3. The number of methoxy groups -OCH3 is 1. The second-order valence-corrected chi connectivity index (χ2v) is 4.96. The van der Waals surface area contributed by atoms with Crippen molar-refractivity contribution in [1.29, 1.82) is 0 Å². The number of pyridine rings is 1. The molecule has 17 heavy (non-hydrogen) atoms. The van der Waals surface area contributed by atoms with Crippen LogP contribution in [0.2, 0.25) is 0 Å². The fraction of sp³-hybridized carbons (Fsp3) is 0.643. The van der Waals surface area contributed by atoms with Crippen molar-refractivity contribution < 1.29 is 4.74 Å². The number of nitrogens with one attached hydrogen (secondary N) is 1. The molecule has 2 unspecified atom stereocenters. The summed E-state index contributed by atoms with van der Waals surface area (Å²) in [6.45, 7) is 3.37. The quantitative estimate of drug-likeness (QED) is 0.867. The largest absolute Gasteiger partial charge is 0.493 e. The fourth-order valence-electron chi connectivity index (χ4n) is 2.61. The monoisotopic (exact) mass is 234 g/mol. The molecule has 2 atom stereocenters. The predicted molar refractivity (Wildman–Crippen MR) is 70.4 cm³/mol. The lowest BCUT2D eigenvalue weighted by Crippen LogP contribution is -2.24. The minimum atomic E-state index is 0.774. The average molecular weight is 234 g/mol. The topological polar surface area (TPSA) is 34.1 Å². The Hall–Kier alpha value is -1.25. The van der Waals surface area contributed by atoms with Gasteiger partial charge in [-0.1, -0.05) is 26.2 Å². The highest BCUT2D eigenvalue weighted by atomic mass is 16.5. The van der Waals surface area contributed by atoms with E-state index in [-0.39, 0.29) is 0 Å². The zero-order valence-electron chi connectivity index (χ0n) is 10.8. The van der Waals surface area contributed by atoms with Crippen LogP contribution in [-0.4, -0.2) is 18.6 Å². The second kappa shape index (κ2) is 5.89. The van der Waals surface area contributed by atoms with Gasteiger partial charge in [-0.15, -0.1) is 0 Å². The zero-order valence-corrected chi connectivity index (χ0v) is 10.8. The maximum atomic E-state index is 5.29. The van der Waals surface area contributed by atoms with Crippen molar-refractivity contribution in [2.45, 2.75) is 32.6 Å². The maximum Gasteiger partial charge on any atom is 0.168 e. The third kappa shape index (κ3) is 3.11. The van der Waals surface area contributed by atoms with Gasteiger partial charge in [-0.25, -0.2) is 4.98 Å². The number of anilines is 1. The lowest BCUT2D eigenvalue weighted by molar-refractivity contribution is 0.268. The molecule has 0 aliphatic heterocycles. The predicted octanol–water partition coefficient (Wildman–Crippen LogP) is 3.33. The van der Waals surface area contributed by atoms with Gasteiger partial charge in [0.2, 0.25) is 0 Å². The number of ether oxygens (including phenoxy) is 1. The van der Waals surface area contributed by atoms with Crippen LogP contribution in [0.3, 0.4) is 0 Å². The summed E-state index contributed by atoms with van der Waals surface area (Å²) in [6, 6.07) is 3.84. The molecule has 3 nitrogen and oxygen atoms in total. The first kappa shape index (κ1) is 12.2. The summed E-state index contributed by atoms with van der Waals surface area (Å²) in [5.74, 6) is 3.30. The van der Waals surface area contributed by atoms with Gasteiger partial charge in [0.15, 0.2) is 11.6 Å². The normalized spacial score (nSPS) is 24.4. The smallest absolute Gasteiger partial charge is 0.168 e. The molecule has 0 aromatic carbocycles. The summed E-state index contributed by atoms with van der Waals surface area (Å²) in [4.78, 5) is 4.32. The van der Waals surface area contributed by atoms with E-state index in [2.05, 4.69) is 17.2 Å². The molecule has 2 rings (SSSR count). The van der Waals surface area contributed by atoms with E-state index < -0.39 is 0 Å². The Bertz CT molecular complexity index is 354. The van der Waals surface area contributed by atoms with E-state index in [9.17, 15) is 0 Å². The summed E-state index contributed by atoms with van der Waals surface area (Å²) >= 11 is 0. The van der Waals surface area contributed by atoms with E-state index in [0.717, 1.165) is 29.9 Å². The molecule has 3 heteroatoms. The molecule has 1 saturated carbocycles. The number of rotatable bonds is 4. The first-order valence-electron chi connectivity index (χ1n) is 6.54.